The van der Waals surface area contributed by atoms with E-state index in [-0.39, 0.29) is 24.0 Å². The summed E-state index contributed by atoms with van der Waals surface area (Å²) in [6.07, 6.45) is 7.09. The SMILES string of the molecule is CS(=O)(=O)N[C@H]1CCCC[C@@H]1n1cnc(C(=O)N2CCNC[C@H]2CCOc2ccc3ccccc3c2)c1-c1ccccc1. The smallest absolute Gasteiger partial charge is 0.275 e. The number of hydrogen-bond donors (Lipinski definition) is 2. The molecule has 2 heterocycles. The predicted molar refractivity (Wildman–Crippen MR) is 169 cm³/mol. The van der Waals surface area contributed by atoms with Crippen molar-refractivity contribution < 1.29 is 17.9 Å². The fraction of sp³-hybridized carbons (Fsp3) is 0.394. The van der Waals surface area contributed by atoms with E-state index in [1.54, 1.807) is 6.33 Å². The minimum atomic E-state index is -3.39. The molecule has 43 heavy (non-hydrogen) atoms. The molecule has 10 heteroatoms. The van der Waals surface area contributed by atoms with Gasteiger partial charge in [0.15, 0.2) is 5.69 Å². The van der Waals surface area contributed by atoms with Crippen molar-refractivity contribution in [3.63, 3.8) is 0 Å². The summed E-state index contributed by atoms with van der Waals surface area (Å²) in [6.45, 7) is 2.44. The number of nitrogens with zero attached hydrogens (tertiary/aromatic N) is 3. The molecule has 1 saturated heterocycles. The number of aromatic nitrogens is 2. The molecule has 1 aliphatic carbocycles. The fourth-order valence-electron chi connectivity index (χ4n) is 6.50. The van der Waals surface area contributed by atoms with Crippen molar-refractivity contribution in [2.24, 2.45) is 0 Å². The number of fused-ring (bicyclic) bond motifs is 1. The summed E-state index contributed by atoms with van der Waals surface area (Å²) in [5.41, 5.74) is 2.03. The topological polar surface area (TPSA) is 106 Å². The van der Waals surface area contributed by atoms with Gasteiger partial charge >= 0.3 is 0 Å². The summed E-state index contributed by atoms with van der Waals surface area (Å²) in [6, 6.07) is 23.7. The van der Waals surface area contributed by atoms with Gasteiger partial charge in [-0.15, -0.1) is 0 Å². The van der Waals surface area contributed by atoms with Crippen molar-refractivity contribution >= 4 is 26.7 Å². The molecule has 3 atom stereocenters. The third-order valence-electron chi connectivity index (χ3n) is 8.55. The van der Waals surface area contributed by atoms with Gasteiger partial charge in [-0.25, -0.2) is 18.1 Å². The number of ether oxygens (including phenoxy) is 1. The second-order valence-corrected chi connectivity index (χ2v) is 13.3. The molecule has 0 radical (unpaired) electrons. The number of benzene rings is 3. The second-order valence-electron chi connectivity index (χ2n) is 11.6. The van der Waals surface area contributed by atoms with Crippen molar-refractivity contribution in [2.45, 2.75) is 50.2 Å². The second kappa shape index (κ2) is 12.9. The van der Waals surface area contributed by atoms with Gasteiger partial charge in [0, 0.05) is 43.7 Å². The molecule has 0 spiro atoms. The first-order valence-corrected chi connectivity index (χ1v) is 17.0. The van der Waals surface area contributed by atoms with Gasteiger partial charge in [-0.05, 0) is 35.7 Å². The van der Waals surface area contributed by atoms with Crippen LogP contribution in [0.25, 0.3) is 22.0 Å². The molecular weight excluding hydrogens is 562 g/mol. The number of rotatable bonds is 9. The van der Waals surface area contributed by atoms with Crippen molar-refractivity contribution in [2.75, 3.05) is 32.5 Å². The lowest BCUT2D eigenvalue weighted by molar-refractivity contribution is 0.0601. The van der Waals surface area contributed by atoms with E-state index >= 15 is 0 Å². The Balaban J connectivity index is 1.24. The van der Waals surface area contributed by atoms with Gasteiger partial charge in [-0.3, -0.25) is 4.79 Å². The van der Waals surface area contributed by atoms with E-state index in [4.69, 9.17) is 9.72 Å². The van der Waals surface area contributed by atoms with Crippen molar-refractivity contribution in [1.82, 2.24) is 24.5 Å². The minimum absolute atomic E-state index is 0.0511. The molecule has 1 aliphatic heterocycles. The number of carbonyl (C=O) groups excluding carboxylic acids is 1. The first-order valence-electron chi connectivity index (χ1n) is 15.1. The highest BCUT2D eigenvalue weighted by Gasteiger charge is 2.35. The van der Waals surface area contributed by atoms with Crippen LogP contribution in [-0.4, -0.2) is 73.4 Å². The Bertz CT molecular complexity index is 1670. The van der Waals surface area contributed by atoms with E-state index in [2.05, 4.69) is 28.2 Å². The summed E-state index contributed by atoms with van der Waals surface area (Å²) in [7, 11) is -3.39. The van der Waals surface area contributed by atoms with E-state index in [0.717, 1.165) is 48.1 Å². The van der Waals surface area contributed by atoms with E-state index < -0.39 is 10.0 Å². The zero-order chi connectivity index (χ0) is 29.8. The molecule has 9 nitrogen and oxygen atoms in total. The summed E-state index contributed by atoms with van der Waals surface area (Å²) in [5, 5.41) is 5.74. The van der Waals surface area contributed by atoms with Crippen LogP contribution < -0.4 is 14.8 Å². The fourth-order valence-corrected chi connectivity index (χ4v) is 7.32. The molecule has 0 bridgehead atoms. The van der Waals surface area contributed by atoms with Crippen LogP contribution in [-0.2, 0) is 10.0 Å². The molecule has 1 amide bonds. The monoisotopic (exact) mass is 601 g/mol. The molecule has 1 saturated carbocycles. The quantitative estimate of drug-likeness (QED) is 0.290. The summed E-state index contributed by atoms with van der Waals surface area (Å²) >= 11 is 0. The molecule has 2 N–H and O–H groups in total. The molecule has 226 valence electrons. The van der Waals surface area contributed by atoms with Crippen LogP contribution in [0.15, 0.2) is 79.1 Å². The van der Waals surface area contributed by atoms with E-state index in [9.17, 15) is 13.2 Å². The molecule has 4 aromatic rings. The Morgan fingerprint density at radius 3 is 2.60 bits per heavy atom. The zero-order valence-corrected chi connectivity index (χ0v) is 25.3. The number of imidazole rings is 1. The van der Waals surface area contributed by atoms with Gasteiger partial charge in [0.05, 0.1) is 30.9 Å². The standard InChI is InChI=1S/C33H39N5O4S/c1-43(40,41)36-29-13-7-8-14-30(29)38-23-35-31(32(38)25-10-3-2-4-11-25)33(39)37-19-18-34-22-27(37)17-20-42-28-16-15-24-9-5-6-12-26(24)21-28/h2-6,9-12,15-16,21,23,27,29-30,34,36H,7-8,13-14,17-20,22H2,1H3/t27-,29+,30+/m1/s1. The van der Waals surface area contributed by atoms with E-state index in [1.165, 1.54) is 11.6 Å². The number of piperazine rings is 1. The van der Waals surface area contributed by atoms with E-state index in [0.29, 0.717) is 38.4 Å². The molecule has 2 fully saturated rings. The van der Waals surface area contributed by atoms with Gasteiger partial charge in [0.2, 0.25) is 10.0 Å². The third kappa shape index (κ3) is 6.76. The van der Waals surface area contributed by atoms with Gasteiger partial charge in [-0.1, -0.05) is 73.5 Å². The van der Waals surface area contributed by atoms with E-state index in [1.807, 2.05) is 64.1 Å². The Morgan fingerprint density at radius 2 is 1.79 bits per heavy atom. The van der Waals surface area contributed by atoms with Crippen molar-refractivity contribution in [1.29, 1.82) is 0 Å². The normalized spacial score (nSPS) is 21.1. The molecular formula is C33H39N5O4S. The first-order chi connectivity index (χ1) is 20.9. The largest absolute Gasteiger partial charge is 0.493 e. The van der Waals surface area contributed by atoms with Crippen molar-refractivity contribution in [3.8, 4) is 17.0 Å². The molecule has 2 aliphatic rings. The highest BCUT2D eigenvalue weighted by atomic mass is 32.2. The number of hydrogen-bond acceptors (Lipinski definition) is 6. The number of carbonyl (C=O) groups is 1. The maximum atomic E-state index is 14.3. The molecule has 3 aromatic carbocycles. The maximum absolute atomic E-state index is 14.3. The lowest BCUT2D eigenvalue weighted by Crippen LogP contribution is -2.54. The van der Waals surface area contributed by atoms with Crippen LogP contribution in [0.3, 0.4) is 0 Å². The minimum Gasteiger partial charge on any atom is -0.493 e. The molecule has 1 aromatic heterocycles. The molecule has 0 unspecified atom stereocenters. The van der Waals surface area contributed by atoms with Crippen LogP contribution in [0, 0.1) is 0 Å². The van der Waals surface area contributed by atoms with Crippen LogP contribution in [0.4, 0.5) is 0 Å². The number of sulfonamides is 1. The lowest BCUT2D eigenvalue weighted by atomic mass is 9.90. The Hall–Kier alpha value is -3.73. The molecule has 6 rings (SSSR count). The summed E-state index contributed by atoms with van der Waals surface area (Å²) in [4.78, 5) is 20.9. The Kier molecular flexibility index (Phi) is 8.78. The maximum Gasteiger partial charge on any atom is 0.275 e. The predicted octanol–water partition coefficient (Wildman–Crippen LogP) is 4.62. The zero-order valence-electron chi connectivity index (χ0n) is 24.5. The van der Waals surface area contributed by atoms with Crippen LogP contribution in [0.5, 0.6) is 5.75 Å². The van der Waals surface area contributed by atoms with Gasteiger partial charge in [0.1, 0.15) is 5.75 Å². The Morgan fingerprint density at radius 1 is 1.02 bits per heavy atom. The number of amides is 1. The van der Waals surface area contributed by atoms with Gasteiger partial charge in [-0.2, -0.15) is 0 Å². The Labute approximate surface area is 253 Å². The first kappa shape index (κ1) is 29.3. The average molecular weight is 602 g/mol. The highest BCUT2D eigenvalue weighted by molar-refractivity contribution is 7.88. The van der Waals surface area contributed by atoms with Crippen molar-refractivity contribution in [3.05, 3.63) is 84.8 Å². The number of nitrogens with one attached hydrogen (secondary N) is 2. The summed E-state index contributed by atoms with van der Waals surface area (Å²) < 4.78 is 35.4. The third-order valence-corrected chi connectivity index (χ3v) is 9.28. The van der Waals surface area contributed by atoms with Crippen LogP contribution >= 0.6 is 0 Å². The van der Waals surface area contributed by atoms with Gasteiger partial charge in [0.25, 0.3) is 5.91 Å². The van der Waals surface area contributed by atoms with Gasteiger partial charge < -0.3 is 19.5 Å². The highest BCUT2D eigenvalue weighted by Crippen LogP contribution is 2.35. The lowest BCUT2D eigenvalue weighted by Gasteiger charge is -2.36. The average Bonchev–Trinajstić information content (AvgIpc) is 3.46. The van der Waals surface area contributed by atoms with Crippen LogP contribution in [0.1, 0.15) is 48.6 Å². The van der Waals surface area contributed by atoms with Crippen LogP contribution in [0.2, 0.25) is 0 Å². The summed E-state index contributed by atoms with van der Waals surface area (Å²) in [5.74, 6) is 0.702.